The molecule has 0 N–H and O–H groups in total. The summed E-state index contributed by atoms with van der Waals surface area (Å²) >= 11 is 0. The topological polar surface area (TPSA) is 39.2 Å². The zero-order chi connectivity index (χ0) is 11.4. The second kappa shape index (κ2) is 4.57. The van der Waals surface area contributed by atoms with Gasteiger partial charge in [-0.1, -0.05) is 24.3 Å². The predicted octanol–water partition coefficient (Wildman–Crippen LogP) is 2.42. The summed E-state index contributed by atoms with van der Waals surface area (Å²) in [5.74, 6) is -0.368. The SMILES string of the molecule is COC(=O)/C=C\c1cncc2ccccc12. The summed E-state index contributed by atoms with van der Waals surface area (Å²) in [4.78, 5) is 15.1. The van der Waals surface area contributed by atoms with E-state index in [9.17, 15) is 4.79 Å². The molecule has 0 spiro atoms. The van der Waals surface area contributed by atoms with E-state index in [0.29, 0.717) is 0 Å². The van der Waals surface area contributed by atoms with Crippen molar-refractivity contribution >= 4 is 22.8 Å². The third-order valence-corrected chi connectivity index (χ3v) is 2.30. The Balaban J connectivity index is 2.45. The van der Waals surface area contributed by atoms with Gasteiger partial charge in [0.1, 0.15) is 0 Å². The van der Waals surface area contributed by atoms with Gasteiger partial charge in [0.25, 0.3) is 0 Å². The molecule has 0 aliphatic heterocycles. The van der Waals surface area contributed by atoms with E-state index in [-0.39, 0.29) is 5.97 Å². The van der Waals surface area contributed by atoms with Crippen molar-refractivity contribution in [2.45, 2.75) is 0 Å². The third-order valence-electron chi connectivity index (χ3n) is 2.30. The van der Waals surface area contributed by atoms with E-state index < -0.39 is 0 Å². The lowest BCUT2D eigenvalue weighted by molar-refractivity contribution is -0.134. The lowest BCUT2D eigenvalue weighted by Gasteiger charge is -2.00. The molecule has 0 unspecified atom stereocenters. The first kappa shape index (κ1) is 10.4. The van der Waals surface area contributed by atoms with Gasteiger partial charge in [-0.15, -0.1) is 0 Å². The minimum atomic E-state index is -0.368. The molecular formula is C13H11NO2. The number of rotatable bonds is 2. The van der Waals surface area contributed by atoms with Crippen molar-refractivity contribution in [1.82, 2.24) is 4.98 Å². The van der Waals surface area contributed by atoms with E-state index in [0.717, 1.165) is 16.3 Å². The van der Waals surface area contributed by atoms with E-state index in [2.05, 4.69) is 9.72 Å². The highest BCUT2D eigenvalue weighted by Crippen LogP contribution is 2.17. The summed E-state index contributed by atoms with van der Waals surface area (Å²) in [6, 6.07) is 7.89. The van der Waals surface area contributed by atoms with E-state index in [4.69, 9.17) is 0 Å². The predicted molar refractivity (Wildman–Crippen MR) is 62.8 cm³/mol. The van der Waals surface area contributed by atoms with Crippen molar-refractivity contribution in [3.05, 3.63) is 48.3 Å². The van der Waals surface area contributed by atoms with Crippen LogP contribution in [0.25, 0.3) is 16.8 Å². The zero-order valence-electron chi connectivity index (χ0n) is 8.88. The molecule has 0 amide bonds. The Morgan fingerprint density at radius 3 is 2.94 bits per heavy atom. The fraction of sp³-hybridized carbons (Fsp3) is 0.0769. The second-order valence-corrected chi connectivity index (χ2v) is 3.31. The number of pyridine rings is 1. The number of aromatic nitrogens is 1. The van der Waals surface area contributed by atoms with Crippen molar-refractivity contribution in [3.63, 3.8) is 0 Å². The summed E-state index contributed by atoms with van der Waals surface area (Å²) < 4.78 is 4.54. The van der Waals surface area contributed by atoms with E-state index in [1.165, 1.54) is 13.2 Å². The first-order valence-corrected chi connectivity index (χ1v) is 4.90. The van der Waals surface area contributed by atoms with Crippen LogP contribution in [-0.4, -0.2) is 18.1 Å². The molecule has 1 aromatic heterocycles. The number of carbonyl (C=O) groups excluding carboxylic acids is 1. The Bertz CT molecular complexity index is 541. The molecule has 0 atom stereocenters. The van der Waals surface area contributed by atoms with Gasteiger partial charge in [-0.25, -0.2) is 4.79 Å². The van der Waals surface area contributed by atoms with E-state index >= 15 is 0 Å². The maximum absolute atomic E-state index is 11.0. The van der Waals surface area contributed by atoms with Crippen LogP contribution in [0, 0.1) is 0 Å². The van der Waals surface area contributed by atoms with Gasteiger partial charge in [0.2, 0.25) is 0 Å². The Morgan fingerprint density at radius 1 is 1.31 bits per heavy atom. The number of carbonyl (C=O) groups is 1. The van der Waals surface area contributed by atoms with Crippen molar-refractivity contribution in [3.8, 4) is 0 Å². The third kappa shape index (κ3) is 2.08. The summed E-state index contributed by atoms with van der Waals surface area (Å²) in [6.07, 6.45) is 6.62. The van der Waals surface area contributed by atoms with E-state index in [1.54, 1.807) is 18.5 Å². The van der Waals surface area contributed by atoms with Crippen LogP contribution in [0.2, 0.25) is 0 Å². The molecule has 1 heterocycles. The number of esters is 1. The Hall–Kier alpha value is -2.16. The fourth-order valence-corrected chi connectivity index (χ4v) is 1.50. The maximum Gasteiger partial charge on any atom is 0.330 e. The molecule has 16 heavy (non-hydrogen) atoms. The van der Waals surface area contributed by atoms with Gasteiger partial charge in [0.15, 0.2) is 0 Å². The highest BCUT2D eigenvalue weighted by Gasteiger charge is 1.98. The van der Waals surface area contributed by atoms with Gasteiger partial charge in [0.05, 0.1) is 7.11 Å². The molecule has 3 nitrogen and oxygen atoms in total. The average Bonchev–Trinajstić information content (AvgIpc) is 2.35. The maximum atomic E-state index is 11.0. The van der Waals surface area contributed by atoms with Gasteiger partial charge in [-0.2, -0.15) is 0 Å². The first-order chi connectivity index (χ1) is 7.81. The van der Waals surface area contributed by atoms with Gasteiger partial charge in [-0.3, -0.25) is 4.98 Å². The van der Waals surface area contributed by atoms with Gasteiger partial charge >= 0.3 is 5.97 Å². The van der Waals surface area contributed by atoms with Crippen LogP contribution in [-0.2, 0) is 9.53 Å². The van der Waals surface area contributed by atoms with Crippen LogP contribution in [0.3, 0.4) is 0 Å². The van der Waals surface area contributed by atoms with E-state index in [1.807, 2.05) is 24.3 Å². The zero-order valence-corrected chi connectivity index (χ0v) is 8.88. The Kier molecular flexibility index (Phi) is 2.96. The lowest BCUT2D eigenvalue weighted by Crippen LogP contribution is -1.93. The molecule has 2 rings (SSSR count). The number of ether oxygens (including phenoxy) is 1. The molecule has 2 aromatic rings. The second-order valence-electron chi connectivity index (χ2n) is 3.31. The summed E-state index contributed by atoms with van der Waals surface area (Å²) in [5.41, 5.74) is 0.906. The minimum absolute atomic E-state index is 0.368. The van der Waals surface area contributed by atoms with Crippen LogP contribution in [0.4, 0.5) is 0 Å². The van der Waals surface area contributed by atoms with Crippen LogP contribution < -0.4 is 0 Å². The van der Waals surface area contributed by atoms with Gasteiger partial charge in [-0.05, 0) is 11.5 Å². The molecule has 1 aromatic carbocycles. The number of hydrogen-bond acceptors (Lipinski definition) is 3. The minimum Gasteiger partial charge on any atom is -0.466 e. The molecule has 3 heteroatoms. The number of fused-ring (bicyclic) bond motifs is 1. The van der Waals surface area contributed by atoms with Crippen LogP contribution >= 0.6 is 0 Å². The summed E-state index contributed by atoms with van der Waals surface area (Å²) in [7, 11) is 1.36. The van der Waals surface area contributed by atoms with Crippen molar-refractivity contribution in [2.24, 2.45) is 0 Å². The summed E-state index contributed by atoms with van der Waals surface area (Å²) in [6.45, 7) is 0. The molecule has 80 valence electrons. The Morgan fingerprint density at radius 2 is 2.12 bits per heavy atom. The Labute approximate surface area is 93.4 Å². The lowest BCUT2D eigenvalue weighted by atomic mass is 10.1. The van der Waals surface area contributed by atoms with Crippen LogP contribution in [0.1, 0.15) is 5.56 Å². The van der Waals surface area contributed by atoms with Crippen molar-refractivity contribution in [2.75, 3.05) is 7.11 Å². The average molecular weight is 213 g/mol. The highest BCUT2D eigenvalue weighted by atomic mass is 16.5. The molecular weight excluding hydrogens is 202 g/mol. The molecule has 0 saturated heterocycles. The molecule has 0 saturated carbocycles. The molecule has 0 aliphatic carbocycles. The number of nitrogens with zero attached hydrogens (tertiary/aromatic N) is 1. The van der Waals surface area contributed by atoms with Crippen molar-refractivity contribution in [1.29, 1.82) is 0 Å². The molecule has 0 aliphatic rings. The molecule has 0 bridgehead atoms. The highest BCUT2D eigenvalue weighted by molar-refractivity contribution is 5.94. The number of hydrogen-bond donors (Lipinski definition) is 0. The standard InChI is InChI=1S/C13H11NO2/c1-16-13(15)7-6-11-9-14-8-10-4-2-3-5-12(10)11/h2-9H,1H3/b7-6-. The summed E-state index contributed by atoms with van der Waals surface area (Å²) in [5, 5.41) is 2.12. The quantitative estimate of drug-likeness (QED) is 0.568. The largest absolute Gasteiger partial charge is 0.466 e. The van der Waals surface area contributed by atoms with Gasteiger partial charge in [0, 0.05) is 29.4 Å². The normalized spacial score (nSPS) is 10.8. The smallest absolute Gasteiger partial charge is 0.330 e. The first-order valence-electron chi connectivity index (χ1n) is 4.90. The molecule has 0 radical (unpaired) electrons. The van der Waals surface area contributed by atoms with Crippen molar-refractivity contribution < 1.29 is 9.53 Å². The fourth-order valence-electron chi connectivity index (χ4n) is 1.50. The van der Waals surface area contributed by atoms with Crippen LogP contribution in [0.5, 0.6) is 0 Å². The molecule has 0 fully saturated rings. The number of methoxy groups -OCH3 is 1. The van der Waals surface area contributed by atoms with Gasteiger partial charge < -0.3 is 4.74 Å². The number of benzene rings is 1. The monoisotopic (exact) mass is 213 g/mol. The van der Waals surface area contributed by atoms with Crippen LogP contribution in [0.15, 0.2) is 42.7 Å².